The molecule has 0 aliphatic heterocycles. The molecule has 1 saturated carbocycles. The Morgan fingerprint density at radius 3 is 2.43 bits per heavy atom. The van der Waals surface area contributed by atoms with Crippen LogP contribution in [0.4, 0.5) is 0 Å². The second kappa shape index (κ2) is 4.97. The highest BCUT2D eigenvalue weighted by atomic mass is 14.9. The monoisotopic (exact) mass is 195 g/mol. The lowest BCUT2D eigenvalue weighted by molar-refractivity contribution is 0.320. The standard InChI is InChI=1S/C13H25N/c1-5-6-7-12(4)14-10-13(8-9-13)11(2)3/h5,11-12,14H,1,6-10H2,2-4H3. The first-order valence-electron chi connectivity index (χ1n) is 5.95. The Kier molecular flexibility index (Phi) is 4.18. The molecular weight excluding hydrogens is 170 g/mol. The molecule has 0 aromatic carbocycles. The summed E-state index contributed by atoms with van der Waals surface area (Å²) in [5, 5.41) is 3.65. The van der Waals surface area contributed by atoms with Gasteiger partial charge in [-0.05, 0) is 43.9 Å². The van der Waals surface area contributed by atoms with Gasteiger partial charge in [-0.25, -0.2) is 0 Å². The van der Waals surface area contributed by atoms with E-state index in [1.54, 1.807) is 0 Å². The normalized spacial score (nSPS) is 20.9. The smallest absolute Gasteiger partial charge is 0.00419 e. The van der Waals surface area contributed by atoms with Crippen LogP contribution in [-0.4, -0.2) is 12.6 Å². The van der Waals surface area contributed by atoms with Gasteiger partial charge < -0.3 is 5.32 Å². The molecule has 0 spiro atoms. The molecule has 0 aromatic rings. The van der Waals surface area contributed by atoms with Crippen LogP contribution >= 0.6 is 0 Å². The third-order valence-corrected chi connectivity index (χ3v) is 3.72. The van der Waals surface area contributed by atoms with Gasteiger partial charge in [-0.1, -0.05) is 19.9 Å². The lowest BCUT2D eigenvalue weighted by atomic mass is 9.92. The second-order valence-electron chi connectivity index (χ2n) is 5.17. The van der Waals surface area contributed by atoms with Crippen molar-refractivity contribution in [2.24, 2.45) is 11.3 Å². The van der Waals surface area contributed by atoms with Gasteiger partial charge in [0.15, 0.2) is 0 Å². The summed E-state index contributed by atoms with van der Waals surface area (Å²) in [5.74, 6) is 0.835. The number of hydrogen-bond acceptors (Lipinski definition) is 1. The zero-order valence-electron chi connectivity index (χ0n) is 9.97. The van der Waals surface area contributed by atoms with Crippen molar-refractivity contribution in [1.82, 2.24) is 5.32 Å². The summed E-state index contributed by atoms with van der Waals surface area (Å²) in [7, 11) is 0. The van der Waals surface area contributed by atoms with Gasteiger partial charge in [0.2, 0.25) is 0 Å². The lowest BCUT2D eigenvalue weighted by Gasteiger charge is -2.23. The van der Waals surface area contributed by atoms with E-state index >= 15 is 0 Å². The van der Waals surface area contributed by atoms with Crippen LogP contribution in [0.5, 0.6) is 0 Å². The average Bonchev–Trinajstić information content (AvgIpc) is 2.92. The first-order chi connectivity index (χ1) is 6.60. The molecule has 0 bridgehead atoms. The number of rotatable bonds is 7. The highest BCUT2D eigenvalue weighted by molar-refractivity contribution is 4.97. The molecule has 0 aromatic heterocycles. The molecule has 1 aliphatic rings. The summed E-state index contributed by atoms with van der Waals surface area (Å²) >= 11 is 0. The minimum atomic E-state index is 0.641. The SMILES string of the molecule is C=CCCC(C)NCC1(C(C)C)CC1. The Labute approximate surface area is 89.0 Å². The van der Waals surface area contributed by atoms with Gasteiger partial charge >= 0.3 is 0 Å². The van der Waals surface area contributed by atoms with Crippen LogP contribution in [0.2, 0.25) is 0 Å². The number of allylic oxidation sites excluding steroid dienone is 1. The Balaban J connectivity index is 2.16. The van der Waals surface area contributed by atoms with Gasteiger partial charge in [0.25, 0.3) is 0 Å². The van der Waals surface area contributed by atoms with Crippen LogP contribution < -0.4 is 5.32 Å². The molecule has 0 heterocycles. The summed E-state index contributed by atoms with van der Waals surface area (Å²) < 4.78 is 0. The molecule has 0 saturated heterocycles. The predicted octanol–water partition coefficient (Wildman–Crippen LogP) is 3.37. The van der Waals surface area contributed by atoms with Gasteiger partial charge in [0, 0.05) is 12.6 Å². The van der Waals surface area contributed by atoms with Crippen molar-refractivity contribution in [1.29, 1.82) is 0 Å². The minimum absolute atomic E-state index is 0.641. The van der Waals surface area contributed by atoms with E-state index in [2.05, 4.69) is 32.7 Å². The second-order valence-corrected chi connectivity index (χ2v) is 5.17. The molecule has 1 fully saturated rings. The fraction of sp³-hybridized carbons (Fsp3) is 0.846. The summed E-state index contributed by atoms with van der Waals surface area (Å²) in [6, 6.07) is 0.643. The van der Waals surface area contributed by atoms with E-state index in [-0.39, 0.29) is 0 Å². The molecule has 14 heavy (non-hydrogen) atoms. The van der Waals surface area contributed by atoms with Crippen molar-refractivity contribution in [2.45, 2.75) is 52.5 Å². The molecule has 1 rings (SSSR count). The molecule has 0 radical (unpaired) electrons. The average molecular weight is 195 g/mol. The molecule has 0 amide bonds. The molecular formula is C13H25N. The van der Waals surface area contributed by atoms with Crippen LogP contribution in [0.1, 0.15) is 46.5 Å². The van der Waals surface area contributed by atoms with E-state index in [9.17, 15) is 0 Å². The lowest BCUT2D eigenvalue weighted by Crippen LogP contribution is -2.34. The van der Waals surface area contributed by atoms with Crippen molar-refractivity contribution < 1.29 is 0 Å². The molecule has 1 heteroatoms. The third-order valence-electron chi connectivity index (χ3n) is 3.72. The molecule has 1 atom stereocenters. The molecule has 1 aliphatic carbocycles. The van der Waals surface area contributed by atoms with Gasteiger partial charge in [-0.2, -0.15) is 0 Å². The van der Waals surface area contributed by atoms with E-state index in [4.69, 9.17) is 0 Å². The van der Waals surface area contributed by atoms with Crippen molar-refractivity contribution in [2.75, 3.05) is 6.54 Å². The quantitative estimate of drug-likeness (QED) is 0.614. The fourth-order valence-corrected chi connectivity index (χ4v) is 1.97. The van der Waals surface area contributed by atoms with Crippen LogP contribution in [0.3, 0.4) is 0 Å². The van der Waals surface area contributed by atoms with E-state index in [0.29, 0.717) is 11.5 Å². The van der Waals surface area contributed by atoms with Gasteiger partial charge in [0.05, 0.1) is 0 Å². The van der Waals surface area contributed by atoms with E-state index < -0.39 is 0 Å². The number of hydrogen-bond donors (Lipinski definition) is 1. The van der Waals surface area contributed by atoms with Crippen LogP contribution in [0.15, 0.2) is 12.7 Å². The zero-order valence-corrected chi connectivity index (χ0v) is 9.97. The van der Waals surface area contributed by atoms with Crippen LogP contribution in [0.25, 0.3) is 0 Å². The fourth-order valence-electron chi connectivity index (χ4n) is 1.97. The van der Waals surface area contributed by atoms with Gasteiger partial charge in [0.1, 0.15) is 0 Å². The molecule has 82 valence electrons. The first-order valence-corrected chi connectivity index (χ1v) is 5.95. The van der Waals surface area contributed by atoms with Gasteiger partial charge in [-0.15, -0.1) is 6.58 Å². The Morgan fingerprint density at radius 2 is 2.00 bits per heavy atom. The van der Waals surface area contributed by atoms with E-state index in [1.807, 2.05) is 6.08 Å². The van der Waals surface area contributed by atoms with Crippen molar-refractivity contribution in [3.8, 4) is 0 Å². The summed E-state index contributed by atoms with van der Waals surface area (Å²) in [6.07, 6.45) is 7.20. The number of nitrogens with one attached hydrogen (secondary N) is 1. The molecule has 1 N–H and O–H groups in total. The van der Waals surface area contributed by atoms with Crippen molar-refractivity contribution in [3.05, 3.63) is 12.7 Å². The summed E-state index contributed by atoms with van der Waals surface area (Å²) in [6.45, 7) is 11.9. The van der Waals surface area contributed by atoms with Crippen LogP contribution in [-0.2, 0) is 0 Å². The van der Waals surface area contributed by atoms with Gasteiger partial charge in [-0.3, -0.25) is 0 Å². The Hall–Kier alpha value is -0.300. The first kappa shape index (κ1) is 11.8. The summed E-state index contributed by atoms with van der Waals surface area (Å²) in [4.78, 5) is 0. The molecule has 1 nitrogen and oxygen atoms in total. The maximum Gasteiger partial charge on any atom is 0.00419 e. The Bertz CT molecular complexity index is 180. The minimum Gasteiger partial charge on any atom is -0.314 e. The third kappa shape index (κ3) is 3.13. The van der Waals surface area contributed by atoms with Crippen molar-refractivity contribution in [3.63, 3.8) is 0 Å². The highest BCUT2D eigenvalue weighted by Gasteiger charge is 2.44. The largest absolute Gasteiger partial charge is 0.314 e. The zero-order chi connectivity index (χ0) is 10.6. The van der Waals surface area contributed by atoms with Crippen molar-refractivity contribution >= 4 is 0 Å². The predicted molar refractivity (Wildman–Crippen MR) is 63.4 cm³/mol. The van der Waals surface area contributed by atoms with Crippen LogP contribution in [0, 0.1) is 11.3 Å². The summed E-state index contributed by atoms with van der Waals surface area (Å²) in [5.41, 5.74) is 0.641. The Morgan fingerprint density at radius 1 is 1.36 bits per heavy atom. The van der Waals surface area contributed by atoms with E-state index in [0.717, 1.165) is 12.3 Å². The highest BCUT2D eigenvalue weighted by Crippen LogP contribution is 2.51. The topological polar surface area (TPSA) is 12.0 Å². The maximum absolute atomic E-state index is 3.75. The maximum atomic E-state index is 3.75. The van der Waals surface area contributed by atoms with E-state index in [1.165, 1.54) is 25.8 Å². The molecule has 1 unspecified atom stereocenters.